The number of hydrogen-bond acceptors (Lipinski definition) is 5. The Labute approximate surface area is 177 Å². The normalized spacial score (nSPS) is 23.4. The molecule has 5 rings (SSSR count). The van der Waals surface area contributed by atoms with Crippen LogP contribution in [0, 0.1) is 0 Å². The molecule has 3 aromatic rings. The Morgan fingerprint density at radius 3 is 2.55 bits per heavy atom. The third-order valence-corrected chi connectivity index (χ3v) is 7.74. The molecule has 4 nitrogen and oxygen atoms in total. The number of methoxy groups -OCH3 is 1. The van der Waals surface area contributed by atoms with Crippen molar-refractivity contribution in [3.8, 4) is 5.75 Å². The van der Waals surface area contributed by atoms with Crippen LogP contribution in [0.4, 0.5) is 5.69 Å². The van der Waals surface area contributed by atoms with Gasteiger partial charge in [0.2, 0.25) is 0 Å². The van der Waals surface area contributed by atoms with Gasteiger partial charge in [-0.1, -0.05) is 12.1 Å². The third kappa shape index (κ3) is 3.86. The molecule has 2 aliphatic rings. The van der Waals surface area contributed by atoms with E-state index >= 15 is 0 Å². The van der Waals surface area contributed by atoms with Gasteiger partial charge in [0.05, 0.1) is 18.3 Å². The van der Waals surface area contributed by atoms with E-state index in [1.165, 1.54) is 31.4 Å². The minimum absolute atomic E-state index is 0.758. The Kier molecular flexibility index (Phi) is 5.42. The number of aromatic nitrogens is 1. The summed E-state index contributed by atoms with van der Waals surface area (Å²) in [6.07, 6.45) is 7.25. The summed E-state index contributed by atoms with van der Waals surface area (Å²) in [6, 6.07) is 13.6. The second-order valence-corrected chi connectivity index (χ2v) is 9.24. The van der Waals surface area contributed by atoms with Crippen molar-refractivity contribution in [2.45, 2.75) is 37.6 Å². The van der Waals surface area contributed by atoms with Gasteiger partial charge in [0.25, 0.3) is 0 Å². The summed E-state index contributed by atoms with van der Waals surface area (Å²) in [7, 11) is 1.74. The number of rotatable bonds is 4. The fourth-order valence-corrected chi connectivity index (χ4v) is 5.98. The molecule has 3 heterocycles. The van der Waals surface area contributed by atoms with Gasteiger partial charge < -0.3 is 9.64 Å². The molecule has 1 aliphatic heterocycles. The molecule has 0 atom stereocenters. The van der Waals surface area contributed by atoms with Crippen LogP contribution in [0.3, 0.4) is 0 Å². The van der Waals surface area contributed by atoms with Gasteiger partial charge in [-0.2, -0.15) is 0 Å². The molecule has 1 aliphatic carbocycles. The van der Waals surface area contributed by atoms with Gasteiger partial charge in [-0.15, -0.1) is 11.3 Å². The zero-order valence-electron chi connectivity index (χ0n) is 17.1. The van der Waals surface area contributed by atoms with Gasteiger partial charge in [0, 0.05) is 54.7 Å². The summed E-state index contributed by atoms with van der Waals surface area (Å²) in [4.78, 5) is 11.5. The lowest BCUT2D eigenvalue weighted by Gasteiger charge is -2.42. The maximum Gasteiger partial charge on any atom is 0.121 e. The predicted octanol–water partition coefficient (Wildman–Crippen LogP) is 5.15. The highest BCUT2D eigenvalue weighted by Gasteiger charge is 2.29. The molecular weight excluding hydrogens is 378 g/mol. The van der Waals surface area contributed by atoms with E-state index < -0.39 is 0 Å². The zero-order chi connectivity index (χ0) is 19.6. The number of fused-ring (bicyclic) bond motifs is 1. The number of thiophene rings is 1. The maximum atomic E-state index is 5.55. The first kappa shape index (κ1) is 18.9. The Hall–Kier alpha value is -2.11. The lowest BCUT2D eigenvalue weighted by molar-refractivity contribution is 0.142. The summed E-state index contributed by atoms with van der Waals surface area (Å²) in [5.74, 6) is 1.71. The molecule has 2 fully saturated rings. The summed E-state index contributed by atoms with van der Waals surface area (Å²) in [5, 5.41) is 3.37. The van der Waals surface area contributed by atoms with Crippen molar-refractivity contribution in [1.82, 2.24) is 9.88 Å². The molecule has 5 heteroatoms. The Balaban J connectivity index is 1.24. The molecule has 0 radical (unpaired) electrons. The SMILES string of the molecule is COc1cc(N2CCN([C@H]3CC[C@@H](c4cccs4)CC3)CC2)c2ncccc2c1. The van der Waals surface area contributed by atoms with Crippen molar-refractivity contribution >= 4 is 27.9 Å². The van der Waals surface area contributed by atoms with Crippen molar-refractivity contribution in [2.75, 3.05) is 38.2 Å². The van der Waals surface area contributed by atoms with Crippen LogP contribution >= 0.6 is 11.3 Å². The van der Waals surface area contributed by atoms with E-state index in [1.807, 2.05) is 23.6 Å². The standard InChI is InChI=1S/C24H29N3OS/c1-28-21-16-19-4-2-10-25-24(19)22(17-21)27-13-11-26(12-14-27)20-8-6-18(7-9-20)23-5-3-15-29-23/h2-5,10,15-18,20H,6-9,11-14H2,1H3/t18-,20+. The smallest absolute Gasteiger partial charge is 0.121 e. The molecule has 1 aromatic carbocycles. The first-order valence-corrected chi connectivity index (χ1v) is 11.6. The number of hydrogen-bond donors (Lipinski definition) is 0. The summed E-state index contributed by atoms with van der Waals surface area (Å²) in [6.45, 7) is 4.40. The minimum Gasteiger partial charge on any atom is -0.497 e. The summed E-state index contributed by atoms with van der Waals surface area (Å²) in [5.41, 5.74) is 2.29. The van der Waals surface area contributed by atoms with Gasteiger partial charge in [0.15, 0.2) is 0 Å². The van der Waals surface area contributed by atoms with Crippen molar-refractivity contribution in [1.29, 1.82) is 0 Å². The van der Waals surface area contributed by atoms with Crippen LogP contribution in [-0.4, -0.2) is 49.2 Å². The fraction of sp³-hybridized carbons (Fsp3) is 0.458. The van der Waals surface area contributed by atoms with Crippen molar-refractivity contribution in [3.63, 3.8) is 0 Å². The van der Waals surface area contributed by atoms with E-state index in [9.17, 15) is 0 Å². The molecule has 152 valence electrons. The number of ether oxygens (including phenoxy) is 1. The first-order chi connectivity index (χ1) is 14.3. The summed E-state index contributed by atoms with van der Waals surface area (Å²) < 4.78 is 5.55. The molecule has 0 spiro atoms. The molecular formula is C24H29N3OS. The largest absolute Gasteiger partial charge is 0.497 e. The first-order valence-electron chi connectivity index (χ1n) is 10.8. The average Bonchev–Trinajstić information content (AvgIpc) is 3.33. The molecule has 1 saturated carbocycles. The lowest BCUT2D eigenvalue weighted by atomic mass is 9.84. The van der Waals surface area contributed by atoms with Gasteiger partial charge in [-0.05, 0) is 55.2 Å². The van der Waals surface area contributed by atoms with Gasteiger partial charge in [-0.3, -0.25) is 9.88 Å². The van der Waals surface area contributed by atoms with Crippen LogP contribution in [0.2, 0.25) is 0 Å². The molecule has 0 unspecified atom stereocenters. The Morgan fingerprint density at radius 2 is 1.83 bits per heavy atom. The Morgan fingerprint density at radius 1 is 1.00 bits per heavy atom. The highest BCUT2D eigenvalue weighted by atomic mass is 32.1. The monoisotopic (exact) mass is 407 g/mol. The van der Waals surface area contributed by atoms with E-state index in [0.717, 1.165) is 54.8 Å². The van der Waals surface area contributed by atoms with E-state index in [1.54, 1.807) is 12.0 Å². The van der Waals surface area contributed by atoms with E-state index in [0.29, 0.717) is 0 Å². The number of piperazine rings is 1. The number of nitrogens with zero attached hydrogens (tertiary/aromatic N) is 3. The number of benzene rings is 1. The van der Waals surface area contributed by atoms with E-state index in [2.05, 4.69) is 50.5 Å². The van der Waals surface area contributed by atoms with Crippen molar-refractivity contribution in [2.24, 2.45) is 0 Å². The van der Waals surface area contributed by atoms with Crippen LogP contribution in [0.1, 0.15) is 36.5 Å². The second kappa shape index (κ2) is 8.33. The van der Waals surface area contributed by atoms with Crippen molar-refractivity contribution in [3.05, 3.63) is 52.9 Å². The van der Waals surface area contributed by atoms with Crippen molar-refractivity contribution < 1.29 is 4.74 Å². The van der Waals surface area contributed by atoms with E-state index in [4.69, 9.17) is 4.74 Å². The molecule has 0 bridgehead atoms. The highest BCUT2D eigenvalue weighted by Crippen LogP contribution is 2.37. The Bertz CT molecular complexity index is 942. The molecule has 2 aromatic heterocycles. The summed E-state index contributed by atoms with van der Waals surface area (Å²) >= 11 is 1.93. The van der Waals surface area contributed by atoms with Gasteiger partial charge >= 0.3 is 0 Å². The quantitative estimate of drug-likeness (QED) is 0.598. The van der Waals surface area contributed by atoms with Crippen LogP contribution in [0.15, 0.2) is 48.0 Å². The van der Waals surface area contributed by atoms with Crippen LogP contribution in [0.25, 0.3) is 10.9 Å². The minimum atomic E-state index is 0.758. The van der Waals surface area contributed by atoms with Crippen LogP contribution in [-0.2, 0) is 0 Å². The fourth-order valence-electron chi connectivity index (χ4n) is 5.08. The number of anilines is 1. The maximum absolute atomic E-state index is 5.55. The van der Waals surface area contributed by atoms with E-state index in [-0.39, 0.29) is 0 Å². The molecule has 0 N–H and O–H groups in total. The molecule has 0 amide bonds. The zero-order valence-corrected chi connectivity index (χ0v) is 17.9. The van der Waals surface area contributed by atoms with Crippen LogP contribution in [0.5, 0.6) is 5.75 Å². The lowest BCUT2D eigenvalue weighted by Crippen LogP contribution is -2.51. The second-order valence-electron chi connectivity index (χ2n) is 8.27. The van der Waals surface area contributed by atoms with Gasteiger partial charge in [-0.25, -0.2) is 0 Å². The number of pyridine rings is 1. The average molecular weight is 408 g/mol. The predicted molar refractivity (Wildman–Crippen MR) is 121 cm³/mol. The molecule has 1 saturated heterocycles. The third-order valence-electron chi connectivity index (χ3n) is 6.71. The van der Waals surface area contributed by atoms with Gasteiger partial charge in [0.1, 0.15) is 5.75 Å². The highest BCUT2D eigenvalue weighted by molar-refractivity contribution is 7.10. The van der Waals surface area contributed by atoms with Crippen LogP contribution < -0.4 is 9.64 Å². The molecule has 29 heavy (non-hydrogen) atoms. The topological polar surface area (TPSA) is 28.6 Å².